The van der Waals surface area contributed by atoms with E-state index in [9.17, 15) is 5.11 Å². The standard InChI is InChI=1S/C15H23NO3/c1-11-7-14(19-3)12(8-13(11)18-2)16-9-15(10-17)5-4-6-15/h7-8,16-17H,4-6,9-10H2,1-3H3. The maximum atomic E-state index is 9.49. The Morgan fingerprint density at radius 3 is 2.37 bits per heavy atom. The van der Waals surface area contributed by atoms with Gasteiger partial charge in [-0.25, -0.2) is 0 Å². The molecule has 1 aromatic carbocycles. The van der Waals surface area contributed by atoms with Gasteiger partial charge in [0.05, 0.1) is 26.5 Å². The SMILES string of the molecule is COc1cc(NCC2(CO)CCC2)c(OC)cc1C. The highest BCUT2D eigenvalue weighted by Crippen LogP contribution is 2.41. The van der Waals surface area contributed by atoms with Gasteiger partial charge in [-0.15, -0.1) is 0 Å². The van der Waals surface area contributed by atoms with Crippen molar-refractivity contribution < 1.29 is 14.6 Å². The second-order valence-corrected chi connectivity index (χ2v) is 5.39. The van der Waals surface area contributed by atoms with Gasteiger partial charge in [0.15, 0.2) is 0 Å². The fourth-order valence-electron chi connectivity index (χ4n) is 2.54. The zero-order valence-corrected chi connectivity index (χ0v) is 12.0. The predicted octanol–water partition coefficient (Wildman–Crippen LogP) is 2.59. The monoisotopic (exact) mass is 265 g/mol. The van der Waals surface area contributed by atoms with E-state index in [2.05, 4.69) is 5.32 Å². The second kappa shape index (κ2) is 5.70. The predicted molar refractivity (Wildman–Crippen MR) is 76.1 cm³/mol. The molecule has 106 valence electrons. The van der Waals surface area contributed by atoms with Crippen molar-refractivity contribution in [1.29, 1.82) is 0 Å². The lowest BCUT2D eigenvalue weighted by atomic mass is 9.69. The lowest BCUT2D eigenvalue weighted by Gasteiger charge is -2.40. The van der Waals surface area contributed by atoms with Crippen molar-refractivity contribution in [3.05, 3.63) is 17.7 Å². The van der Waals surface area contributed by atoms with Gasteiger partial charge >= 0.3 is 0 Å². The van der Waals surface area contributed by atoms with E-state index in [-0.39, 0.29) is 12.0 Å². The van der Waals surface area contributed by atoms with Crippen LogP contribution < -0.4 is 14.8 Å². The summed E-state index contributed by atoms with van der Waals surface area (Å²) >= 11 is 0. The molecule has 0 unspecified atom stereocenters. The summed E-state index contributed by atoms with van der Waals surface area (Å²) in [5, 5.41) is 12.9. The first-order valence-electron chi connectivity index (χ1n) is 6.71. The Morgan fingerprint density at radius 2 is 1.89 bits per heavy atom. The minimum absolute atomic E-state index is 0.0448. The van der Waals surface area contributed by atoms with Crippen LogP contribution in [0.1, 0.15) is 24.8 Å². The molecular weight excluding hydrogens is 242 g/mol. The van der Waals surface area contributed by atoms with Gasteiger partial charge < -0.3 is 19.9 Å². The lowest BCUT2D eigenvalue weighted by Crippen LogP contribution is -2.39. The number of hydrogen-bond donors (Lipinski definition) is 2. The first-order chi connectivity index (χ1) is 9.14. The van der Waals surface area contributed by atoms with Crippen LogP contribution in [0.3, 0.4) is 0 Å². The Kier molecular flexibility index (Phi) is 4.20. The van der Waals surface area contributed by atoms with Crippen LogP contribution in [0.5, 0.6) is 11.5 Å². The van der Waals surface area contributed by atoms with E-state index in [1.54, 1.807) is 14.2 Å². The largest absolute Gasteiger partial charge is 0.496 e. The van der Waals surface area contributed by atoms with E-state index in [1.807, 2.05) is 19.1 Å². The van der Waals surface area contributed by atoms with Crippen LogP contribution in [0.4, 0.5) is 5.69 Å². The fraction of sp³-hybridized carbons (Fsp3) is 0.600. The maximum Gasteiger partial charge on any atom is 0.142 e. The number of anilines is 1. The van der Waals surface area contributed by atoms with Gasteiger partial charge in [-0.05, 0) is 31.4 Å². The van der Waals surface area contributed by atoms with Crippen LogP contribution >= 0.6 is 0 Å². The molecule has 2 N–H and O–H groups in total. The van der Waals surface area contributed by atoms with E-state index in [1.165, 1.54) is 6.42 Å². The van der Waals surface area contributed by atoms with Crippen LogP contribution in [0.2, 0.25) is 0 Å². The number of nitrogens with one attached hydrogen (secondary N) is 1. The lowest BCUT2D eigenvalue weighted by molar-refractivity contribution is 0.0576. The molecule has 0 atom stereocenters. The number of methoxy groups -OCH3 is 2. The molecule has 0 aliphatic heterocycles. The molecule has 1 fully saturated rings. The van der Waals surface area contributed by atoms with Gasteiger partial charge in [-0.1, -0.05) is 6.42 Å². The van der Waals surface area contributed by atoms with Gasteiger partial charge in [0.1, 0.15) is 11.5 Å². The first-order valence-corrected chi connectivity index (χ1v) is 6.71. The smallest absolute Gasteiger partial charge is 0.142 e. The van der Waals surface area contributed by atoms with Crippen LogP contribution in [-0.2, 0) is 0 Å². The molecule has 4 heteroatoms. The number of aryl methyl sites for hydroxylation is 1. The number of aliphatic hydroxyl groups excluding tert-OH is 1. The summed E-state index contributed by atoms with van der Waals surface area (Å²) in [6.07, 6.45) is 3.38. The molecule has 0 bridgehead atoms. The number of rotatable bonds is 6. The van der Waals surface area contributed by atoms with Crippen molar-refractivity contribution in [3.63, 3.8) is 0 Å². The van der Waals surface area contributed by atoms with Crippen molar-refractivity contribution in [1.82, 2.24) is 0 Å². The Labute approximate surface area is 114 Å². The van der Waals surface area contributed by atoms with E-state index in [4.69, 9.17) is 9.47 Å². The van der Waals surface area contributed by atoms with Crippen molar-refractivity contribution in [2.75, 3.05) is 32.7 Å². The summed E-state index contributed by atoms with van der Waals surface area (Å²) in [6, 6.07) is 3.92. The normalized spacial score (nSPS) is 16.6. The summed E-state index contributed by atoms with van der Waals surface area (Å²) in [5.74, 6) is 1.65. The molecule has 1 saturated carbocycles. The molecule has 0 aromatic heterocycles. The van der Waals surface area contributed by atoms with Crippen molar-refractivity contribution in [2.24, 2.45) is 5.41 Å². The van der Waals surface area contributed by atoms with Gasteiger partial charge in [0, 0.05) is 18.0 Å². The summed E-state index contributed by atoms with van der Waals surface area (Å²) in [6.45, 7) is 3.00. The number of hydrogen-bond acceptors (Lipinski definition) is 4. The van der Waals surface area contributed by atoms with E-state index < -0.39 is 0 Å². The van der Waals surface area contributed by atoms with Crippen LogP contribution in [0.25, 0.3) is 0 Å². The molecule has 0 radical (unpaired) electrons. The number of ether oxygens (including phenoxy) is 2. The maximum absolute atomic E-state index is 9.49. The van der Waals surface area contributed by atoms with E-state index in [0.29, 0.717) is 0 Å². The van der Waals surface area contributed by atoms with Crippen molar-refractivity contribution in [2.45, 2.75) is 26.2 Å². The average Bonchev–Trinajstić information content (AvgIpc) is 2.38. The summed E-state index contributed by atoms with van der Waals surface area (Å²) < 4.78 is 10.7. The molecule has 0 saturated heterocycles. The molecule has 0 heterocycles. The van der Waals surface area contributed by atoms with Crippen LogP contribution in [0, 0.1) is 12.3 Å². The molecule has 0 amide bonds. The number of benzene rings is 1. The first kappa shape index (κ1) is 14.0. The molecule has 4 nitrogen and oxygen atoms in total. The second-order valence-electron chi connectivity index (χ2n) is 5.39. The summed E-state index contributed by atoms with van der Waals surface area (Å²) in [4.78, 5) is 0. The minimum atomic E-state index is 0.0448. The van der Waals surface area contributed by atoms with Crippen LogP contribution in [0.15, 0.2) is 12.1 Å². The summed E-state index contributed by atoms with van der Waals surface area (Å²) in [5.41, 5.74) is 2.01. The molecule has 1 aliphatic carbocycles. The Hall–Kier alpha value is -1.42. The summed E-state index contributed by atoms with van der Waals surface area (Å²) in [7, 11) is 3.33. The van der Waals surface area contributed by atoms with Crippen LogP contribution in [-0.4, -0.2) is 32.5 Å². The molecule has 1 aliphatic rings. The third-order valence-electron chi connectivity index (χ3n) is 4.12. The topological polar surface area (TPSA) is 50.7 Å². The highest BCUT2D eigenvalue weighted by molar-refractivity contribution is 5.62. The highest BCUT2D eigenvalue weighted by Gasteiger charge is 2.36. The van der Waals surface area contributed by atoms with Crippen molar-refractivity contribution in [3.8, 4) is 11.5 Å². The zero-order valence-electron chi connectivity index (χ0n) is 12.0. The number of aliphatic hydroxyl groups is 1. The van der Waals surface area contributed by atoms with Gasteiger partial charge in [-0.3, -0.25) is 0 Å². The molecule has 2 rings (SSSR count). The Morgan fingerprint density at radius 1 is 1.21 bits per heavy atom. The van der Waals surface area contributed by atoms with Crippen molar-refractivity contribution >= 4 is 5.69 Å². The Bertz CT molecular complexity index is 436. The molecular formula is C15H23NO3. The third-order valence-corrected chi connectivity index (χ3v) is 4.12. The molecule has 1 aromatic rings. The van der Waals surface area contributed by atoms with E-state index >= 15 is 0 Å². The van der Waals surface area contributed by atoms with Gasteiger partial charge in [-0.2, -0.15) is 0 Å². The quantitative estimate of drug-likeness (QED) is 0.830. The average molecular weight is 265 g/mol. The zero-order chi connectivity index (χ0) is 13.9. The van der Waals surface area contributed by atoms with Gasteiger partial charge in [0.25, 0.3) is 0 Å². The molecule has 0 spiro atoms. The highest BCUT2D eigenvalue weighted by atomic mass is 16.5. The minimum Gasteiger partial charge on any atom is -0.496 e. The third kappa shape index (κ3) is 2.78. The Balaban J connectivity index is 2.14. The van der Waals surface area contributed by atoms with E-state index in [0.717, 1.165) is 42.1 Å². The molecule has 19 heavy (non-hydrogen) atoms. The van der Waals surface area contributed by atoms with Gasteiger partial charge in [0.2, 0.25) is 0 Å². The fourth-order valence-corrected chi connectivity index (χ4v) is 2.54.